The van der Waals surface area contributed by atoms with Gasteiger partial charge >= 0.3 is 0 Å². The SMILES string of the molecule is Cc1cccn(CCN2CCN(CCn3cccc(O)c3=O)CCN(CCn3cccc(O)c3=O)CCN(CCn3cccc(O)c3=O)CC2)c1=O. The Morgan fingerprint density at radius 3 is 0.942 bits per heavy atom. The average Bonchev–Trinajstić information content (AvgIpc) is 3.13. The highest BCUT2D eigenvalue weighted by molar-refractivity contribution is 5.16. The summed E-state index contributed by atoms with van der Waals surface area (Å²) in [6.07, 6.45) is 6.81. The lowest BCUT2D eigenvalue weighted by Gasteiger charge is -2.34. The highest BCUT2D eigenvalue weighted by Crippen LogP contribution is 2.06. The van der Waals surface area contributed by atoms with Crippen molar-refractivity contribution in [1.29, 1.82) is 0 Å². The Morgan fingerprint density at radius 2 is 0.654 bits per heavy atom. The van der Waals surface area contributed by atoms with Crippen LogP contribution < -0.4 is 22.2 Å². The molecular weight excluding hydrogens is 668 g/mol. The van der Waals surface area contributed by atoms with Gasteiger partial charge in [-0.1, -0.05) is 6.07 Å². The summed E-state index contributed by atoms with van der Waals surface area (Å²) in [6.45, 7) is 11.3. The van der Waals surface area contributed by atoms with E-state index in [2.05, 4.69) is 19.6 Å². The van der Waals surface area contributed by atoms with Gasteiger partial charge in [0.2, 0.25) is 0 Å². The Kier molecular flexibility index (Phi) is 13.6. The van der Waals surface area contributed by atoms with Gasteiger partial charge in [0, 0.05) is 135 Å². The van der Waals surface area contributed by atoms with Crippen LogP contribution in [-0.2, 0) is 26.2 Å². The summed E-state index contributed by atoms with van der Waals surface area (Å²) in [6, 6.07) is 12.8. The Morgan fingerprint density at radius 1 is 0.404 bits per heavy atom. The van der Waals surface area contributed by atoms with E-state index in [1.165, 1.54) is 31.9 Å². The van der Waals surface area contributed by atoms with Crippen molar-refractivity contribution in [3.8, 4) is 17.2 Å². The minimum Gasteiger partial charge on any atom is -0.503 e. The fourth-order valence-electron chi connectivity index (χ4n) is 6.40. The fraction of sp³-hybridized carbons (Fsp3) is 0.459. The van der Waals surface area contributed by atoms with Crippen molar-refractivity contribution < 1.29 is 15.3 Å². The van der Waals surface area contributed by atoms with E-state index in [0.717, 1.165) is 0 Å². The second kappa shape index (κ2) is 18.5. The van der Waals surface area contributed by atoms with E-state index in [1.54, 1.807) is 41.4 Å². The van der Waals surface area contributed by atoms with E-state index in [1.807, 2.05) is 25.3 Å². The molecule has 0 aliphatic carbocycles. The zero-order valence-electron chi connectivity index (χ0n) is 29.8. The van der Waals surface area contributed by atoms with Gasteiger partial charge in [-0.2, -0.15) is 0 Å². The number of nitrogens with zero attached hydrogens (tertiary/aromatic N) is 8. The number of rotatable bonds is 12. The summed E-state index contributed by atoms with van der Waals surface area (Å²) >= 11 is 0. The molecule has 15 nitrogen and oxygen atoms in total. The number of hydrogen-bond donors (Lipinski definition) is 3. The normalized spacial score (nSPS) is 16.0. The monoisotopic (exact) mass is 718 g/mol. The lowest BCUT2D eigenvalue weighted by Crippen LogP contribution is -2.48. The van der Waals surface area contributed by atoms with Crippen LogP contribution in [0.5, 0.6) is 17.2 Å². The van der Waals surface area contributed by atoms with E-state index < -0.39 is 16.7 Å². The van der Waals surface area contributed by atoms with Crippen molar-refractivity contribution in [2.75, 3.05) is 78.5 Å². The van der Waals surface area contributed by atoms with Gasteiger partial charge in [-0.3, -0.25) is 38.8 Å². The molecule has 0 radical (unpaired) electrons. The van der Waals surface area contributed by atoms with E-state index in [9.17, 15) is 34.5 Å². The Labute approximate surface area is 302 Å². The molecule has 15 heteroatoms. The minimum atomic E-state index is -0.443. The van der Waals surface area contributed by atoms with Crippen LogP contribution in [0.1, 0.15) is 5.56 Å². The van der Waals surface area contributed by atoms with E-state index in [-0.39, 0.29) is 22.8 Å². The van der Waals surface area contributed by atoms with Crippen LogP contribution in [0.3, 0.4) is 0 Å². The maximum absolute atomic E-state index is 12.8. The summed E-state index contributed by atoms with van der Waals surface area (Å²) in [4.78, 5) is 59.7. The maximum atomic E-state index is 12.8. The van der Waals surface area contributed by atoms with Gasteiger partial charge in [0.1, 0.15) is 0 Å². The molecule has 5 rings (SSSR count). The molecule has 1 fully saturated rings. The first-order chi connectivity index (χ1) is 25.1. The molecule has 4 aromatic heterocycles. The number of aryl methyl sites for hydroxylation is 1. The fourth-order valence-corrected chi connectivity index (χ4v) is 6.40. The molecule has 52 heavy (non-hydrogen) atoms. The molecule has 1 aliphatic rings. The van der Waals surface area contributed by atoms with Gasteiger partial charge in [-0.15, -0.1) is 0 Å². The number of hydrogen-bond acceptors (Lipinski definition) is 11. The quantitative estimate of drug-likeness (QED) is 0.182. The first-order valence-corrected chi connectivity index (χ1v) is 17.8. The first-order valence-electron chi connectivity index (χ1n) is 17.8. The molecule has 4 aromatic rings. The van der Waals surface area contributed by atoms with Gasteiger partial charge in [-0.05, 0) is 49.4 Å². The lowest BCUT2D eigenvalue weighted by molar-refractivity contribution is 0.125. The van der Waals surface area contributed by atoms with E-state index in [0.29, 0.717) is 110 Å². The molecule has 0 unspecified atom stereocenters. The predicted octanol–water partition coefficient (Wildman–Crippen LogP) is 0.0808. The minimum absolute atomic E-state index is 0.0127. The highest BCUT2D eigenvalue weighted by Gasteiger charge is 2.18. The average molecular weight is 719 g/mol. The largest absolute Gasteiger partial charge is 0.503 e. The van der Waals surface area contributed by atoms with Crippen LogP contribution >= 0.6 is 0 Å². The second-order valence-corrected chi connectivity index (χ2v) is 13.2. The summed E-state index contributed by atoms with van der Waals surface area (Å²) in [5.41, 5.74) is -0.638. The van der Waals surface area contributed by atoms with Crippen LogP contribution in [0.25, 0.3) is 0 Å². The Hall–Kier alpha value is -4.96. The third kappa shape index (κ3) is 10.5. The summed E-state index contributed by atoms with van der Waals surface area (Å²) in [7, 11) is 0. The van der Waals surface area contributed by atoms with E-state index >= 15 is 0 Å². The molecule has 0 aromatic carbocycles. The van der Waals surface area contributed by atoms with Gasteiger partial charge in [-0.25, -0.2) is 0 Å². The summed E-state index contributed by atoms with van der Waals surface area (Å²) in [5, 5.41) is 30.0. The highest BCUT2D eigenvalue weighted by atomic mass is 16.3. The number of aromatic hydroxyl groups is 3. The van der Waals surface area contributed by atoms with Crippen molar-refractivity contribution in [3.63, 3.8) is 0 Å². The number of pyridine rings is 4. The molecule has 5 heterocycles. The first kappa shape index (κ1) is 38.3. The Bertz CT molecular complexity index is 1700. The van der Waals surface area contributed by atoms with Crippen molar-refractivity contribution in [3.05, 3.63) is 120 Å². The van der Waals surface area contributed by atoms with Crippen molar-refractivity contribution >= 4 is 0 Å². The molecule has 3 N–H and O–H groups in total. The van der Waals surface area contributed by atoms with Crippen LogP contribution in [0.15, 0.2) is 92.5 Å². The number of aromatic nitrogens is 4. The second-order valence-electron chi connectivity index (χ2n) is 13.2. The van der Waals surface area contributed by atoms with Crippen molar-refractivity contribution in [2.45, 2.75) is 33.1 Å². The van der Waals surface area contributed by atoms with Crippen molar-refractivity contribution in [2.24, 2.45) is 0 Å². The molecule has 0 spiro atoms. The smallest absolute Gasteiger partial charge is 0.292 e. The summed E-state index contributed by atoms with van der Waals surface area (Å²) < 4.78 is 6.25. The third-order valence-corrected chi connectivity index (χ3v) is 9.77. The molecule has 0 saturated carbocycles. The van der Waals surface area contributed by atoms with Gasteiger partial charge in [0.15, 0.2) is 17.2 Å². The third-order valence-electron chi connectivity index (χ3n) is 9.77. The topological polar surface area (TPSA) is 162 Å². The molecular formula is C37H50N8O7. The summed E-state index contributed by atoms with van der Waals surface area (Å²) in [5.74, 6) is -0.879. The molecule has 0 bridgehead atoms. The van der Waals surface area contributed by atoms with Crippen LogP contribution in [-0.4, -0.2) is 132 Å². The molecule has 0 amide bonds. The van der Waals surface area contributed by atoms with Crippen molar-refractivity contribution in [1.82, 2.24) is 37.9 Å². The zero-order chi connectivity index (χ0) is 37.0. The maximum Gasteiger partial charge on any atom is 0.292 e. The van der Waals surface area contributed by atoms with Crippen LogP contribution in [0.2, 0.25) is 0 Å². The molecule has 280 valence electrons. The van der Waals surface area contributed by atoms with Gasteiger partial charge in [0.05, 0.1) is 0 Å². The standard InChI is InChI=1S/C37H50N8O7/c1-30-6-2-10-42(34(30)49)26-22-38-14-16-39(23-27-43-11-3-7-31(46)35(43)50)18-20-41(25-29-45-13-5-9-33(48)37(45)52)21-19-40(17-15-38)24-28-44-12-4-8-32(47)36(44)51/h2-13,46-48H,14-29H2,1H3. The predicted molar refractivity (Wildman–Crippen MR) is 198 cm³/mol. The zero-order valence-corrected chi connectivity index (χ0v) is 29.8. The van der Waals surface area contributed by atoms with Crippen LogP contribution in [0.4, 0.5) is 0 Å². The molecule has 1 aliphatic heterocycles. The van der Waals surface area contributed by atoms with Gasteiger partial charge in [0.25, 0.3) is 22.2 Å². The molecule has 0 atom stereocenters. The van der Waals surface area contributed by atoms with Crippen LogP contribution in [0, 0.1) is 6.92 Å². The Balaban J connectivity index is 1.35. The van der Waals surface area contributed by atoms with E-state index in [4.69, 9.17) is 0 Å². The molecule has 1 saturated heterocycles. The lowest BCUT2D eigenvalue weighted by atomic mass is 10.3. The van der Waals surface area contributed by atoms with Gasteiger partial charge < -0.3 is 33.6 Å².